The van der Waals surface area contributed by atoms with Crippen LogP contribution in [0.2, 0.25) is 0 Å². The van der Waals surface area contributed by atoms with Gasteiger partial charge < -0.3 is 21.1 Å². The van der Waals surface area contributed by atoms with Gasteiger partial charge in [0.25, 0.3) is 11.8 Å². The molecule has 19 heavy (non-hydrogen) atoms. The fourth-order valence-corrected chi connectivity index (χ4v) is 2.37. The molecule has 2 aliphatic heterocycles. The summed E-state index contributed by atoms with van der Waals surface area (Å²) in [7, 11) is 0. The van der Waals surface area contributed by atoms with Crippen LogP contribution in [-0.2, 0) is 9.59 Å². The first kappa shape index (κ1) is 14.1. The van der Waals surface area contributed by atoms with Gasteiger partial charge in [-0.15, -0.1) is 0 Å². The van der Waals surface area contributed by atoms with E-state index in [1.807, 2.05) is 0 Å². The van der Waals surface area contributed by atoms with E-state index in [4.69, 9.17) is 5.73 Å². The topological polar surface area (TPSA) is 95.7 Å². The predicted octanol–water partition coefficient (Wildman–Crippen LogP) is -1.32. The number of amides is 2. The molecular formula is C11H17F2N3O3. The van der Waals surface area contributed by atoms with Crippen LogP contribution in [0, 0.1) is 5.92 Å². The Labute approximate surface area is 108 Å². The summed E-state index contributed by atoms with van der Waals surface area (Å²) in [4.78, 5) is 23.9. The highest BCUT2D eigenvalue weighted by atomic mass is 19.3. The lowest BCUT2D eigenvalue weighted by atomic mass is 9.94. The van der Waals surface area contributed by atoms with Crippen LogP contribution >= 0.6 is 0 Å². The average Bonchev–Trinajstić information content (AvgIpc) is 2.70. The van der Waals surface area contributed by atoms with E-state index < -0.39 is 37.1 Å². The molecule has 108 valence electrons. The Hall–Kier alpha value is -1.28. The largest absolute Gasteiger partial charge is 0.382 e. The molecule has 1 unspecified atom stereocenters. The molecule has 0 aromatic rings. The van der Waals surface area contributed by atoms with E-state index in [0.29, 0.717) is 13.0 Å². The number of likely N-dealkylation sites (tertiary alicyclic amines) is 1. The van der Waals surface area contributed by atoms with Crippen LogP contribution in [0.15, 0.2) is 0 Å². The van der Waals surface area contributed by atoms with Crippen molar-refractivity contribution in [1.82, 2.24) is 10.2 Å². The number of rotatable bonds is 4. The summed E-state index contributed by atoms with van der Waals surface area (Å²) in [6, 6.07) is -0.921. The van der Waals surface area contributed by atoms with E-state index in [-0.39, 0.29) is 18.2 Å². The molecule has 0 aromatic carbocycles. The first-order chi connectivity index (χ1) is 8.80. The maximum Gasteiger partial charge on any atom is 0.282 e. The summed E-state index contributed by atoms with van der Waals surface area (Å²) in [5, 5.41) is 12.4. The molecule has 0 bridgehead atoms. The number of aliphatic hydroxyl groups excluding tert-OH is 1. The minimum absolute atomic E-state index is 0.148. The molecule has 0 spiro atoms. The van der Waals surface area contributed by atoms with Crippen molar-refractivity contribution in [1.29, 1.82) is 0 Å². The second-order valence-electron chi connectivity index (χ2n) is 5.17. The van der Waals surface area contributed by atoms with E-state index in [0.717, 1.165) is 4.90 Å². The molecule has 4 N–H and O–H groups in total. The third-order valence-electron chi connectivity index (χ3n) is 3.53. The number of hydrogen-bond acceptors (Lipinski definition) is 4. The van der Waals surface area contributed by atoms with Crippen molar-refractivity contribution in [2.24, 2.45) is 11.7 Å². The molecule has 6 nitrogen and oxygen atoms in total. The maximum absolute atomic E-state index is 12.6. The quantitative estimate of drug-likeness (QED) is 0.594. The lowest BCUT2D eigenvalue weighted by Gasteiger charge is -2.40. The molecule has 2 fully saturated rings. The van der Waals surface area contributed by atoms with Crippen LogP contribution in [0.1, 0.15) is 12.8 Å². The number of halogens is 2. The molecule has 0 aromatic heterocycles. The van der Waals surface area contributed by atoms with Gasteiger partial charge in [0.15, 0.2) is 0 Å². The number of aliphatic hydroxyl groups is 1. The van der Waals surface area contributed by atoms with Crippen molar-refractivity contribution in [2.75, 3.05) is 19.6 Å². The van der Waals surface area contributed by atoms with Gasteiger partial charge in [-0.05, 0) is 12.8 Å². The molecule has 8 heteroatoms. The summed E-state index contributed by atoms with van der Waals surface area (Å²) in [5.41, 5.74) is 5.68. The number of hydrogen-bond donors (Lipinski definition) is 3. The molecule has 0 radical (unpaired) electrons. The monoisotopic (exact) mass is 277 g/mol. The van der Waals surface area contributed by atoms with Crippen LogP contribution < -0.4 is 11.1 Å². The summed E-state index contributed by atoms with van der Waals surface area (Å²) in [5.74, 6) is -4.14. The minimum atomic E-state index is -2.87. The summed E-state index contributed by atoms with van der Waals surface area (Å²) < 4.78 is 25.3. The van der Waals surface area contributed by atoms with E-state index in [9.17, 15) is 23.5 Å². The normalized spacial score (nSPS) is 28.5. The molecule has 2 amide bonds. The minimum Gasteiger partial charge on any atom is -0.382 e. The fraction of sp³-hybridized carbons (Fsp3) is 0.818. The van der Waals surface area contributed by atoms with E-state index >= 15 is 0 Å². The molecule has 3 atom stereocenters. The standard InChI is InChI=1S/C11H17F2N3O3/c12-11(13)4-16(5-11)10(19)8(17)7(14)3-6-1-2-15-9(6)18/h6-8,17H,1-5,14H2,(H,15,18)/t6-,7-,8?/m0/s1. The lowest BCUT2D eigenvalue weighted by Crippen LogP contribution is -2.62. The number of alkyl halides is 2. The Morgan fingerprint density at radius 3 is 2.68 bits per heavy atom. The first-order valence-corrected chi connectivity index (χ1v) is 6.18. The van der Waals surface area contributed by atoms with Crippen LogP contribution in [-0.4, -0.2) is 59.5 Å². The van der Waals surface area contributed by atoms with Crippen molar-refractivity contribution in [2.45, 2.75) is 30.9 Å². The Morgan fingerprint density at radius 1 is 1.58 bits per heavy atom. The van der Waals surface area contributed by atoms with E-state index in [1.165, 1.54) is 0 Å². The van der Waals surface area contributed by atoms with Crippen LogP contribution in [0.5, 0.6) is 0 Å². The summed E-state index contributed by atoms with van der Waals surface area (Å²) in [6.07, 6.45) is -0.762. The molecule has 0 aliphatic carbocycles. The third kappa shape index (κ3) is 3.01. The number of nitrogens with zero attached hydrogens (tertiary/aromatic N) is 1. The zero-order valence-corrected chi connectivity index (χ0v) is 10.3. The Balaban J connectivity index is 1.83. The summed E-state index contributed by atoms with van der Waals surface area (Å²) >= 11 is 0. The second kappa shape index (κ2) is 5.01. The number of nitrogens with one attached hydrogen (secondary N) is 1. The Morgan fingerprint density at radius 2 is 2.21 bits per heavy atom. The Kier molecular flexibility index (Phi) is 3.73. The zero-order valence-electron chi connectivity index (χ0n) is 10.3. The van der Waals surface area contributed by atoms with Crippen molar-refractivity contribution in [3.63, 3.8) is 0 Å². The highest BCUT2D eigenvalue weighted by Crippen LogP contribution is 2.27. The molecule has 2 aliphatic rings. The lowest BCUT2D eigenvalue weighted by molar-refractivity contribution is -0.174. The number of carbonyl (C=O) groups is 2. The summed E-state index contributed by atoms with van der Waals surface area (Å²) in [6.45, 7) is -0.808. The molecular weight excluding hydrogens is 260 g/mol. The molecule has 2 saturated heterocycles. The SMILES string of the molecule is N[C@@H](C[C@@H]1CCNC1=O)C(O)C(=O)N1CC(F)(F)C1. The van der Waals surface area contributed by atoms with Crippen molar-refractivity contribution in [3.8, 4) is 0 Å². The molecule has 2 heterocycles. The van der Waals surface area contributed by atoms with Crippen LogP contribution in [0.25, 0.3) is 0 Å². The fourth-order valence-electron chi connectivity index (χ4n) is 2.37. The predicted molar refractivity (Wildman–Crippen MR) is 61.2 cm³/mol. The first-order valence-electron chi connectivity index (χ1n) is 6.18. The molecule has 0 saturated carbocycles. The van der Waals surface area contributed by atoms with Gasteiger partial charge in [0.05, 0.1) is 13.1 Å². The number of carbonyl (C=O) groups excluding carboxylic acids is 2. The average molecular weight is 277 g/mol. The maximum atomic E-state index is 12.6. The second-order valence-corrected chi connectivity index (χ2v) is 5.17. The van der Waals surface area contributed by atoms with Gasteiger partial charge in [0.2, 0.25) is 5.91 Å². The van der Waals surface area contributed by atoms with Gasteiger partial charge in [-0.2, -0.15) is 0 Å². The molecule has 2 rings (SSSR count). The highest BCUT2D eigenvalue weighted by molar-refractivity contribution is 5.83. The van der Waals surface area contributed by atoms with Crippen LogP contribution in [0.3, 0.4) is 0 Å². The smallest absolute Gasteiger partial charge is 0.282 e. The van der Waals surface area contributed by atoms with E-state index in [1.54, 1.807) is 0 Å². The van der Waals surface area contributed by atoms with Gasteiger partial charge in [-0.1, -0.05) is 0 Å². The third-order valence-corrected chi connectivity index (χ3v) is 3.53. The highest BCUT2D eigenvalue weighted by Gasteiger charge is 2.48. The van der Waals surface area contributed by atoms with Gasteiger partial charge in [-0.3, -0.25) is 9.59 Å². The van der Waals surface area contributed by atoms with Gasteiger partial charge >= 0.3 is 0 Å². The van der Waals surface area contributed by atoms with Crippen molar-refractivity contribution in [3.05, 3.63) is 0 Å². The Bertz CT molecular complexity index is 383. The van der Waals surface area contributed by atoms with Crippen molar-refractivity contribution < 1.29 is 23.5 Å². The van der Waals surface area contributed by atoms with Crippen LogP contribution in [0.4, 0.5) is 8.78 Å². The van der Waals surface area contributed by atoms with Gasteiger partial charge in [0.1, 0.15) is 6.10 Å². The van der Waals surface area contributed by atoms with Crippen molar-refractivity contribution >= 4 is 11.8 Å². The van der Waals surface area contributed by atoms with Gasteiger partial charge in [-0.25, -0.2) is 8.78 Å². The number of nitrogens with two attached hydrogens (primary N) is 1. The zero-order chi connectivity index (χ0) is 14.2. The van der Waals surface area contributed by atoms with Gasteiger partial charge in [0, 0.05) is 18.5 Å². The van der Waals surface area contributed by atoms with E-state index in [2.05, 4.69) is 5.32 Å².